The van der Waals surface area contributed by atoms with E-state index in [2.05, 4.69) is 11.2 Å². The molecular weight excluding hydrogens is 89.0 g/mol. The third kappa shape index (κ3) is 3.86. The van der Waals surface area contributed by atoms with Gasteiger partial charge in [0, 0.05) is 0 Å². The van der Waals surface area contributed by atoms with E-state index in [1.54, 1.807) is 0 Å². The van der Waals surface area contributed by atoms with E-state index < -0.39 is 7.92 Å². The van der Waals surface area contributed by atoms with Gasteiger partial charge in [0.15, 0.2) is 0 Å². The monoisotopic (exact) mass is 93.0 g/mol. The molecule has 0 rings (SSSR count). The molecule has 0 aliphatic rings. The standard InChI is InChI=1S/CH4NO2P/c1-5(4)2-3/h4-5H,1H2. The van der Waals surface area contributed by atoms with Crippen molar-refractivity contribution in [2.45, 2.75) is 0 Å². The lowest BCUT2D eigenvalue weighted by Gasteiger charge is -1.68. The van der Waals surface area contributed by atoms with Crippen molar-refractivity contribution in [2.24, 2.45) is 4.95 Å². The van der Waals surface area contributed by atoms with E-state index in [1.165, 1.54) is 0 Å². The van der Waals surface area contributed by atoms with Crippen molar-refractivity contribution >= 4 is 14.2 Å². The van der Waals surface area contributed by atoms with Gasteiger partial charge in [0.05, 0.1) is 0 Å². The van der Waals surface area contributed by atoms with Crippen LogP contribution in [0.5, 0.6) is 0 Å². The molecule has 1 atom stereocenters. The minimum absolute atomic E-state index is 2.05. The molecule has 4 heteroatoms. The molecule has 0 fully saturated rings. The number of rotatable bonds is 1. The first-order valence-electron chi connectivity index (χ1n) is 0.983. The van der Waals surface area contributed by atoms with E-state index in [1.807, 2.05) is 0 Å². The topological polar surface area (TPSA) is 49.7 Å². The second kappa shape index (κ2) is 2.12. The molecule has 0 bridgehead atoms. The molecule has 0 aliphatic carbocycles. The summed E-state index contributed by atoms with van der Waals surface area (Å²) in [6.07, 6.45) is 2.94. The first-order chi connectivity index (χ1) is 2.27. The van der Waals surface area contributed by atoms with Gasteiger partial charge in [-0.2, -0.15) is 0 Å². The second-order valence-electron chi connectivity index (χ2n) is 0.508. The van der Waals surface area contributed by atoms with Crippen LogP contribution in [-0.2, 0) is 0 Å². The van der Waals surface area contributed by atoms with Crippen LogP contribution in [0, 0.1) is 4.91 Å². The predicted octanol–water partition coefficient (Wildman–Crippen LogP) is 0.221. The van der Waals surface area contributed by atoms with E-state index in [9.17, 15) is 0 Å². The second-order valence-corrected chi connectivity index (χ2v) is 1.52. The van der Waals surface area contributed by atoms with Crippen molar-refractivity contribution < 1.29 is 4.89 Å². The third-order valence-corrected chi connectivity index (χ3v) is 0.316. The summed E-state index contributed by atoms with van der Waals surface area (Å²) in [6.45, 7) is 0. The zero-order valence-electron chi connectivity index (χ0n) is 2.51. The Balaban J connectivity index is 3.20. The molecule has 0 aliphatic heterocycles. The quantitative estimate of drug-likeness (QED) is 0.372. The summed E-state index contributed by atoms with van der Waals surface area (Å²) in [6, 6.07) is 0. The smallest absolute Gasteiger partial charge is 0.136 e. The van der Waals surface area contributed by atoms with Crippen LogP contribution < -0.4 is 0 Å². The number of nitroso groups, excluding NO2 is 1. The molecule has 0 amide bonds. The normalized spacial score (nSPS) is 13.8. The average Bonchev–Trinajstić information content (AvgIpc) is 1.38. The lowest BCUT2D eigenvalue weighted by Crippen LogP contribution is -1.36. The van der Waals surface area contributed by atoms with Gasteiger partial charge >= 0.3 is 0 Å². The van der Waals surface area contributed by atoms with Crippen molar-refractivity contribution in [1.82, 2.24) is 0 Å². The Morgan fingerprint density at radius 1 is 2.00 bits per heavy atom. The van der Waals surface area contributed by atoms with E-state index in [0.29, 0.717) is 0 Å². The minimum Gasteiger partial charge on any atom is -0.356 e. The molecule has 0 saturated carbocycles. The van der Waals surface area contributed by atoms with Gasteiger partial charge in [-0.15, -0.1) is 4.91 Å². The number of nitrogens with zero attached hydrogens (tertiary/aromatic N) is 1. The highest BCUT2D eigenvalue weighted by molar-refractivity contribution is 7.48. The fourth-order valence-corrected chi connectivity index (χ4v) is 0. The van der Waals surface area contributed by atoms with E-state index in [-0.39, 0.29) is 0 Å². The Labute approximate surface area is 30.1 Å². The molecule has 3 nitrogen and oxygen atoms in total. The molecule has 30 valence electrons. The maximum atomic E-state index is 8.99. The molecule has 0 heterocycles. The van der Waals surface area contributed by atoms with Crippen molar-refractivity contribution in [1.29, 1.82) is 0 Å². The Morgan fingerprint density at radius 3 is 2.20 bits per heavy atom. The minimum atomic E-state index is -2.05. The Bertz CT molecular complexity index is 60.7. The average molecular weight is 93.0 g/mol. The summed E-state index contributed by atoms with van der Waals surface area (Å²) in [5.41, 5.74) is 0. The van der Waals surface area contributed by atoms with E-state index >= 15 is 0 Å². The molecule has 0 aromatic carbocycles. The molecule has 0 spiro atoms. The largest absolute Gasteiger partial charge is 0.356 e. The van der Waals surface area contributed by atoms with Crippen LogP contribution in [0.3, 0.4) is 0 Å². The van der Waals surface area contributed by atoms with Gasteiger partial charge in [0.25, 0.3) is 0 Å². The number of hydrogen-bond acceptors (Lipinski definition) is 3. The highest BCUT2D eigenvalue weighted by Gasteiger charge is 1.65. The van der Waals surface area contributed by atoms with Gasteiger partial charge in [0.2, 0.25) is 0 Å². The maximum absolute atomic E-state index is 8.99. The molecule has 0 saturated heterocycles. The van der Waals surface area contributed by atoms with Gasteiger partial charge in [-0.25, -0.2) is 0 Å². The van der Waals surface area contributed by atoms with Crippen LogP contribution in [0.25, 0.3) is 0 Å². The van der Waals surface area contributed by atoms with Crippen LogP contribution in [0.4, 0.5) is 0 Å². The predicted molar refractivity (Wildman–Crippen MR) is 23.4 cm³/mol. The summed E-state index contributed by atoms with van der Waals surface area (Å²) >= 11 is 0. The van der Waals surface area contributed by atoms with Crippen molar-refractivity contribution in [2.75, 3.05) is 0 Å². The summed E-state index contributed by atoms with van der Waals surface area (Å²) in [7, 11) is -2.05. The lowest BCUT2D eigenvalue weighted by atomic mass is 12.0. The lowest BCUT2D eigenvalue weighted by molar-refractivity contribution is 0.643. The van der Waals surface area contributed by atoms with Crippen LogP contribution in [-0.4, -0.2) is 11.2 Å². The summed E-state index contributed by atoms with van der Waals surface area (Å²) < 4.78 is 0. The summed E-state index contributed by atoms with van der Waals surface area (Å²) in [4.78, 5) is 19.0. The van der Waals surface area contributed by atoms with Gasteiger partial charge in [-0.3, -0.25) is 0 Å². The van der Waals surface area contributed by atoms with Crippen LogP contribution in [0.1, 0.15) is 0 Å². The molecule has 0 aromatic rings. The number of hydrogen-bond donors (Lipinski definition) is 1. The third-order valence-electron chi connectivity index (χ3n) is 0.105. The van der Waals surface area contributed by atoms with Crippen molar-refractivity contribution in [3.63, 3.8) is 0 Å². The Kier molecular flexibility index (Phi) is 2.06. The van der Waals surface area contributed by atoms with Gasteiger partial charge < -0.3 is 4.89 Å². The molecule has 1 unspecified atom stereocenters. The first-order valence-corrected chi connectivity index (χ1v) is 2.58. The van der Waals surface area contributed by atoms with Crippen molar-refractivity contribution in [3.8, 4) is 0 Å². The zero-order valence-corrected chi connectivity index (χ0v) is 3.51. The van der Waals surface area contributed by atoms with Gasteiger partial charge in [-0.05, 0) is 4.95 Å². The van der Waals surface area contributed by atoms with Gasteiger partial charge in [0.1, 0.15) is 7.92 Å². The maximum Gasteiger partial charge on any atom is 0.136 e. The Hall–Kier alpha value is -0.140. The fourth-order valence-electron chi connectivity index (χ4n) is 0. The fraction of sp³-hybridized carbons (Fsp3) is 0. The molecule has 5 heavy (non-hydrogen) atoms. The molecular formula is CH4NO2P. The first kappa shape index (κ1) is 4.86. The van der Waals surface area contributed by atoms with Crippen LogP contribution in [0.15, 0.2) is 4.95 Å². The van der Waals surface area contributed by atoms with Crippen molar-refractivity contribution in [3.05, 3.63) is 4.91 Å². The molecule has 0 radical (unpaired) electrons. The summed E-state index contributed by atoms with van der Waals surface area (Å²) in [5, 5.41) is 0. The van der Waals surface area contributed by atoms with Gasteiger partial charge in [-0.1, -0.05) is 6.30 Å². The molecule has 0 aromatic heterocycles. The highest BCUT2D eigenvalue weighted by Crippen LogP contribution is 2.09. The van der Waals surface area contributed by atoms with E-state index in [4.69, 9.17) is 9.80 Å². The van der Waals surface area contributed by atoms with Crippen LogP contribution >= 0.6 is 7.92 Å². The van der Waals surface area contributed by atoms with Crippen LogP contribution in [0.2, 0.25) is 0 Å². The Morgan fingerprint density at radius 2 is 2.20 bits per heavy atom. The zero-order chi connectivity index (χ0) is 4.28. The van der Waals surface area contributed by atoms with E-state index in [0.717, 1.165) is 0 Å². The highest BCUT2D eigenvalue weighted by atomic mass is 31.1. The summed E-state index contributed by atoms with van der Waals surface area (Å²) in [5.74, 6) is 0. The SMILES string of the molecule is C=[PH](O)N=O. The molecule has 1 N–H and O–H groups in total.